The number of carboxylic acids is 1. The lowest BCUT2D eigenvalue weighted by Gasteiger charge is -2.24. The number of nitrogens with zero attached hydrogens (tertiary/aromatic N) is 3. The topological polar surface area (TPSA) is 225 Å². The third-order valence-electron chi connectivity index (χ3n) is 4.80. The van der Waals surface area contributed by atoms with Crippen LogP contribution in [0.1, 0.15) is 18.5 Å². The maximum atomic E-state index is 12.3. The van der Waals surface area contributed by atoms with Gasteiger partial charge in [-0.1, -0.05) is 12.2 Å². The Morgan fingerprint density at radius 2 is 2.00 bits per heavy atom. The Balaban J connectivity index is 1.54. The van der Waals surface area contributed by atoms with Crippen LogP contribution in [-0.4, -0.2) is 66.7 Å². The Hall–Kier alpha value is -4.07. The molecule has 0 saturated heterocycles. The summed E-state index contributed by atoms with van der Waals surface area (Å²) in [7, 11) is 0. The van der Waals surface area contributed by atoms with Crippen LogP contribution in [0, 0.1) is 5.92 Å². The summed E-state index contributed by atoms with van der Waals surface area (Å²) >= 11 is 0. The average Bonchev–Trinajstić information content (AvgIpc) is 2.75. The SMILES string of the molecule is Nc1nc2ncc(CNC3C=CC(C(=O)N[C@@H](CNC(=O)O)C(=O)O)CC3)nc2c(=O)[nH]1. The standard InChI is InChI=1S/C18H22N8O6/c19-17-25-13-12(15(28)26-17)23-10(6-21-13)5-20-9-3-1-8(2-4-9)14(27)24-11(16(29)30)7-22-18(31)32/h1,3,6,8-9,11,20,22H,2,4-5,7H2,(H,24,27)(H,29,30)(H,31,32)(H3,19,21,25,26,28)/t8?,9?,11-/m0/s1. The highest BCUT2D eigenvalue weighted by Gasteiger charge is 2.26. The number of carboxylic acid groups (broad SMARTS) is 2. The number of carbonyl (C=O) groups is 3. The van der Waals surface area contributed by atoms with Crippen molar-refractivity contribution < 1.29 is 24.6 Å². The molecule has 2 amide bonds. The number of hydrogen-bond acceptors (Lipinski definition) is 9. The highest BCUT2D eigenvalue weighted by Crippen LogP contribution is 2.18. The molecule has 2 unspecified atom stereocenters. The molecule has 170 valence electrons. The summed E-state index contributed by atoms with van der Waals surface area (Å²) in [5.41, 5.74) is 5.76. The molecule has 1 aliphatic carbocycles. The lowest BCUT2D eigenvalue weighted by molar-refractivity contribution is -0.142. The molecule has 0 aliphatic heterocycles. The number of nitrogens with one attached hydrogen (secondary N) is 4. The Morgan fingerprint density at radius 3 is 2.66 bits per heavy atom. The summed E-state index contributed by atoms with van der Waals surface area (Å²) < 4.78 is 0. The minimum Gasteiger partial charge on any atom is -0.480 e. The van der Waals surface area contributed by atoms with E-state index < -0.39 is 42.0 Å². The molecule has 14 heteroatoms. The number of aliphatic carboxylic acids is 1. The van der Waals surface area contributed by atoms with E-state index in [1.165, 1.54) is 6.20 Å². The van der Waals surface area contributed by atoms with E-state index in [9.17, 15) is 19.2 Å². The van der Waals surface area contributed by atoms with Gasteiger partial charge < -0.3 is 31.9 Å². The Morgan fingerprint density at radius 1 is 1.22 bits per heavy atom. The van der Waals surface area contributed by atoms with Crippen LogP contribution in [0.4, 0.5) is 10.7 Å². The molecule has 0 fully saturated rings. The molecule has 8 N–H and O–H groups in total. The normalized spacial score (nSPS) is 18.8. The molecule has 3 rings (SSSR count). The summed E-state index contributed by atoms with van der Waals surface area (Å²) in [6.45, 7) is -0.116. The van der Waals surface area contributed by atoms with Crippen molar-refractivity contribution in [2.24, 2.45) is 5.92 Å². The first-order chi connectivity index (χ1) is 15.2. The Bertz CT molecular complexity index is 1120. The summed E-state index contributed by atoms with van der Waals surface area (Å²) in [6.07, 6.45) is 4.63. The van der Waals surface area contributed by atoms with Crippen molar-refractivity contribution in [3.8, 4) is 0 Å². The quantitative estimate of drug-likeness (QED) is 0.232. The van der Waals surface area contributed by atoms with Crippen LogP contribution in [0.5, 0.6) is 0 Å². The third kappa shape index (κ3) is 5.75. The number of amides is 2. The number of nitrogens with two attached hydrogens (primary N) is 1. The van der Waals surface area contributed by atoms with E-state index in [1.807, 2.05) is 5.32 Å². The number of hydrogen-bond donors (Lipinski definition) is 7. The molecule has 0 spiro atoms. The molecule has 2 heterocycles. The minimum absolute atomic E-state index is 0.0403. The zero-order chi connectivity index (χ0) is 23.3. The number of rotatable bonds is 8. The Labute approximate surface area is 180 Å². The predicted octanol–water partition coefficient (Wildman–Crippen LogP) is -1.44. The monoisotopic (exact) mass is 446 g/mol. The van der Waals surface area contributed by atoms with Crippen LogP contribution in [0.15, 0.2) is 23.1 Å². The number of aromatic nitrogens is 4. The van der Waals surface area contributed by atoms with E-state index in [0.717, 1.165) is 0 Å². The number of anilines is 1. The zero-order valence-corrected chi connectivity index (χ0v) is 16.7. The minimum atomic E-state index is -1.38. The third-order valence-corrected chi connectivity index (χ3v) is 4.80. The van der Waals surface area contributed by atoms with Gasteiger partial charge in [-0.3, -0.25) is 14.6 Å². The van der Waals surface area contributed by atoms with Gasteiger partial charge in [-0.15, -0.1) is 0 Å². The predicted molar refractivity (Wildman–Crippen MR) is 110 cm³/mol. The molecule has 1 aliphatic rings. The fraction of sp³-hybridized carbons (Fsp3) is 0.389. The molecular formula is C18H22N8O6. The fourth-order valence-corrected chi connectivity index (χ4v) is 3.17. The van der Waals surface area contributed by atoms with Gasteiger partial charge in [0.2, 0.25) is 11.9 Å². The van der Waals surface area contributed by atoms with Crippen LogP contribution in [0.25, 0.3) is 11.2 Å². The first-order valence-corrected chi connectivity index (χ1v) is 9.66. The van der Waals surface area contributed by atoms with Crippen molar-refractivity contribution in [1.82, 2.24) is 35.9 Å². The second kappa shape index (κ2) is 9.82. The number of nitrogen functional groups attached to an aromatic ring is 1. The second-order valence-corrected chi connectivity index (χ2v) is 7.13. The van der Waals surface area contributed by atoms with E-state index in [4.69, 9.17) is 15.9 Å². The van der Waals surface area contributed by atoms with Crippen molar-refractivity contribution in [2.75, 3.05) is 12.3 Å². The molecule has 3 atom stereocenters. The fourth-order valence-electron chi connectivity index (χ4n) is 3.17. The Kier molecular flexibility index (Phi) is 6.94. The summed E-state index contributed by atoms with van der Waals surface area (Å²) in [4.78, 5) is 60.6. The van der Waals surface area contributed by atoms with Crippen molar-refractivity contribution >= 4 is 35.1 Å². The van der Waals surface area contributed by atoms with Gasteiger partial charge in [-0.25, -0.2) is 19.6 Å². The molecule has 14 nitrogen and oxygen atoms in total. The molecule has 32 heavy (non-hydrogen) atoms. The van der Waals surface area contributed by atoms with Crippen LogP contribution >= 0.6 is 0 Å². The average molecular weight is 446 g/mol. The van der Waals surface area contributed by atoms with Gasteiger partial charge in [0.15, 0.2) is 11.2 Å². The zero-order valence-electron chi connectivity index (χ0n) is 16.7. The van der Waals surface area contributed by atoms with Crippen molar-refractivity contribution in [1.29, 1.82) is 0 Å². The first kappa shape index (κ1) is 22.6. The molecule has 2 aromatic rings. The molecule has 2 aromatic heterocycles. The molecule has 0 bridgehead atoms. The van der Waals surface area contributed by atoms with Gasteiger partial charge >= 0.3 is 12.1 Å². The first-order valence-electron chi connectivity index (χ1n) is 9.66. The van der Waals surface area contributed by atoms with Crippen LogP contribution in [-0.2, 0) is 16.1 Å². The van der Waals surface area contributed by atoms with E-state index >= 15 is 0 Å². The summed E-state index contributed by atoms with van der Waals surface area (Å²) in [6, 6.07) is -1.43. The molecule has 0 aromatic carbocycles. The van der Waals surface area contributed by atoms with E-state index in [-0.39, 0.29) is 23.2 Å². The van der Waals surface area contributed by atoms with Gasteiger partial charge in [-0.2, -0.15) is 4.98 Å². The smallest absolute Gasteiger partial charge is 0.404 e. The number of aromatic amines is 1. The number of H-pyrrole nitrogens is 1. The van der Waals surface area contributed by atoms with Gasteiger partial charge in [0, 0.05) is 12.6 Å². The number of carbonyl (C=O) groups excluding carboxylic acids is 1. The van der Waals surface area contributed by atoms with Gasteiger partial charge in [0.25, 0.3) is 5.56 Å². The van der Waals surface area contributed by atoms with Crippen molar-refractivity contribution in [3.05, 3.63) is 34.4 Å². The second-order valence-electron chi connectivity index (χ2n) is 7.13. The van der Waals surface area contributed by atoms with Crippen LogP contribution < -0.4 is 27.2 Å². The van der Waals surface area contributed by atoms with Crippen molar-refractivity contribution in [3.63, 3.8) is 0 Å². The van der Waals surface area contributed by atoms with Crippen molar-refractivity contribution in [2.45, 2.75) is 31.5 Å². The van der Waals surface area contributed by atoms with Gasteiger partial charge in [0.1, 0.15) is 6.04 Å². The van der Waals surface area contributed by atoms with E-state index in [0.29, 0.717) is 25.1 Å². The van der Waals surface area contributed by atoms with E-state index in [1.54, 1.807) is 12.2 Å². The summed E-state index contributed by atoms with van der Waals surface area (Å²) in [5.74, 6) is -2.40. The molecule has 0 saturated carbocycles. The lowest BCUT2D eigenvalue weighted by Crippen LogP contribution is -2.50. The van der Waals surface area contributed by atoms with E-state index in [2.05, 4.69) is 30.6 Å². The highest BCUT2D eigenvalue weighted by atomic mass is 16.4. The van der Waals surface area contributed by atoms with Gasteiger partial charge in [-0.05, 0) is 12.8 Å². The largest absolute Gasteiger partial charge is 0.480 e. The summed E-state index contributed by atoms with van der Waals surface area (Å²) in [5, 5.41) is 25.2. The molecule has 0 radical (unpaired) electrons. The van der Waals surface area contributed by atoms with Crippen LogP contribution in [0.3, 0.4) is 0 Å². The maximum Gasteiger partial charge on any atom is 0.404 e. The lowest BCUT2D eigenvalue weighted by atomic mass is 9.92. The highest BCUT2D eigenvalue weighted by molar-refractivity contribution is 5.86. The molecular weight excluding hydrogens is 424 g/mol. The maximum absolute atomic E-state index is 12.3. The van der Waals surface area contributed by atoms with Crippen LogP contribution in [0.2, 0.25) is 0 Å². The van der Waals surface area contributed by atoms with Gasteiger partial charge in [0.05, 0.1) is 24.4 Å². The number of fused-ring (bicyclic) bond motifs is 1.